The van der Waals surface area contributed by atoms with Gasteiger partial charge in [0.15, 0.2) is 0 Å². The van der Waals surface area contributed by atoms with Gasteiger partial charge in [-0.05, 0) is 31.5 Å². The molecule has 2 aromatic rings. The van der Waals surface area contributed by atoms with E-state index in [0.717, 1.165) is 17.5 Å². The first-order valence-corrected chi connectivity index (χ1v) is 8.60. The Balaban J connectivity index is 2.30. The first-order chi connectivity index (χ1) is 10.2. The second-order valence-corrected chi connectivity index (χ2v) is 7.40. The van der Waals surface area contributed by atoms with Gasteiger partial charge in [0.25, 0.3) is 0 Å². The number of benzene rings is 1. The molecule has 0 radical (unpaired) electrons. The van der Waals surface area contributed by atoms with Gasteiger partial charge < -0.3 is 4.74 Å². The first kappa shape index (κ1) is 16.6. The molecule has 1 heterocycles. The van der Waals surface area contributed by atoms with E-state index in [1.54, 1.807) is 31.8 Å². The van der Waals surface area contributed by atoms with Crippen molar-refractivity contribution in [2.75, 3.05) is 13.4 Å². The van der Waals surface area contributed by atoms with Crippen LogP contribution in [0.4, 0.5) is 0 Å². The number of ether oxygens (including phenoxy) is 1. The minimum Gasteiger partial charge on any atom is -0.380 e. The van der Waals surface area contributed by atoms with Crippen LogP contribution in [-0.2, 0) is 26.9 Å². The lowest BCUT2D eigenvalue weighted by Gasteiger charge is -2.21. The number of nitrogens with one attached hydrogen (secondary N) is 1. The topological polar surface area (TPSA) is 86.1 Å². The molecule has 2 rings (SSSR count). The molecule has 1 N–H and O–H groups in total. The molecule has 0 fully saturated rings. The molecular weight excluding hydrogens is 304 g/mol. The fourth-order valence-electron chi connectivity index (χ4n) is 2.15. The van der Waals surface area contributed by atoms with E-state index in [1.807, 2.05) is 24.3 Å². The first-order valence-electron chi connectivity index (χ1n) is 6.71. The maximum atomic E-state index is 11.4. The average molecular weight is 324 g/mol. The van der Waals surface area contributed by atoms with Crippen molar-refractivity contribution in [3.8, 4) is 5.69 Å². The molecule has 22 heavy (non-hydrogen) atoms. The van der Waals surface area contributed by atoms with E-state index in [-0.39, 0.29) is 0 Å². The summed E-state index contributed by atoms with van der Waals surface area (Å²) >= 11 is 0. The van der Waals surface area contributed by atoms with Gasteiger partial charge in [0, 0.05) is 7.11 Å². The van der Waals surface area contributed by atoms with Gasteiger partial charge in [0.1, 0.15) is 5.69 Å². The largest absolute Gasteiger partial charge is 0.380 e. The van der Waals surface area contributed by atoms with Crippen LogP contribution in [-0.4, -0.2) is 36.8 Å². The van der Waals surface area contributed by atoms with Crippen LogP contribution in [0, 0.1) is 0 Å². The normalized spacial score (nSPS) is 12.5. The molecule has 0 bridgehead atoms. The third-order valence-corrected chi connectivity index (χ3v) is 3.94. The Morgan fingerprint density at radius 1 is 1.36 bits per heavy atom. The summed E-state index contributed by atoms with van der Waals surface area (Å²) in [7, 11) is -1.70. The van der Waals surface area contributed by atoms with E-state index < -0.39 is 15.6 Å². The number of rotatable bonds is 6. The molecule has 0 amide bonds. The molecule has 7 nitrogen and oxygen atoms in total. The Morgan fingerprint density at radius 2 is 2.09 bits per heavy atom. The fourth-order valence-corrected chi connectivity index (χ4v) is 3.18. The molecule has 0 saturated heterocycles. The zero-order valence-electron chi connectivity index (χ0n) is 13.1. The van der Waals surface area contributed by atoms with Crippen molar-refractivity contribution in [2.45, 2.75) is 26.0 Å². The number of hydrogen-bond donors (Lipinski definition) is 1. The van der Waals surface area contributed by atoms with Gasteiger partial charge in [-0.1, -0.05) is 17.3 Å². The van der Waals surface area contributed by atoms with Gasteiger partial charge >= 0.3 is 0 Å². The Labute approximate surface area is 130 Å². The van der Waals surface area contributed by atoms with E-state index in [9.17, 15) is 8.42 Å². The van der Waals surface area contributed by atoms with Crippen molar-refractivity contribution in [1.82, 2.24) is 19.7 Å². The predicted molar refractivity (Wildman–Crippen MR) is 83.1 cm³/mol. The quantitative estimate of drug-likeness (QED) is 0.863. The monoisotopic (exact) mass is 324 g/mol. The second-order valence-electron chi connectivity index (χ2n) is 5.65. The van der Waals surface area contributed by atoms with Crippen LogP contribution in [0.3, 0.4) is 0 Å². The van der Waals surface area contributed by atoms with Gasteiger partial charge in [-0.15, -0.1) is 5.10 Å². The molecule has 0 aliphatic carbocycles. The lowest BCUT2D eigenvalue weighted by atomic mass is 10.0. The van der Waals surface area contributed by atoms with Crippen molar-refractivity contribution >= 4 is 10.0 Å². The third-order valence-electron chi connectivity index (χ3n) is 3.06. The summed E-state index contributed by atoms with van der Waals surface area (Å²) in [6.07, 6.45) is 2.83. The third kappa shape index (κ3) is 4.12. The highest BCUT2D eigenvalue weighted by Crippen LogP contribution is 2.19. The van der Waals surface area contributed by atoms with Crippen molar-refractivity contribution in [3.63, 3.8) is 0 Å². The number of methoxy groups -OCH3 is 1. The van der Waals surface area contributed by atoms with Crippen LogP contribution in [0.1, 0.15) is 25.1 Å². The Kier molecular flexibility index (Phi) is 4.64. The zero-order valence-corrected chi connectivity index (χ0v) is 13.9. The van der Waals surface area contributed by atoms with Crippen molar-refractivity contribution in [2.24, 2.45) is 0 Å². The van der Waals surface area contributed by atoms with E-state index in [4.69, 9.17) is 4.74 Å². The average Bonchev–Trinajstić information content (AvgIpc) is 2.87. The molecule has 0 saturated carbocycles. The Hall–Kier alpha value is -1.77. The smallest absolute Gasteiger partial charge is 0.209 e. The molecule has 0 spiro atoms. The summed E-state index contributed by atoms with van der Waals surface area (Å²) in [6.45, 7) is 3.99. The van der Waals surface area contributed by atoms with E-state index in [1.165, 1.54) is 0 Å². The Morgan fingerprint density at radius 3 is 2.73 bits per heavy atom. The van der Waals surface area contributed by atoms with E-state index >= 15 is 0 Å². The van der Waals surface area contributed by atoms with Crippen molar-refractivity contribution in [1.29, 1.82) is 0 Å². The van der Waals surface area contributed by atoms with Crippen molar-refractivity contribution < 1.29 is 13.2 Å². The highest BCUT2D eigenvalue weighted by molar-refractivity contribution is 7.88. The number of nitrogens with zero attached hydrogens (tertiary/aromatic N) is 3. The maximum Gasteiger partial charge on any atom is 0.209 e. The van der Waals surface area contributed by atoms with Gasteiger partial charge in [-0.2, -0.15) is 0 Å². The van der Waals surface area contributed by atoms with Crippen LogP contribution < -0.4 is 4.72 Å². The van der Waals surface area contributed by atoms with Crippen LogP contribution >= 0.6 is 0 Å². The van der Waals surface area contributed by atoms with E-state index in [0.29, 0.717) is 12.3 Å². The van der Waals surface area contributed by atoms with Crippen LogP contribution in [0.2, 0.25) is 0 Å². The van der Waals surface area contributed by atoms with Gasteiger partial charge in [0.2, 0.25) is 10.0 Å². The summed E-state index contributed by atoms with van der Waals surface area (Å²) in [5, 5.41) is 8.15. The van der Waals surface area contributed by atoms with Crippen LogP contribution in [0.25, 0.3) is 5.69 Å². The lowest BCUT2D eigenvalue weighted by molar-refractivity contribution is 0.185. The van der Waals surface area contributed by atoms with Gasteiger partial charge in [-0.3, -0.25) is 0 Å². The predicted octanol–water partition coefficient (Wildman–Crippen LogP) is 1.20. The number of hydrogen-bond acceptors (Lipinski definition) is 5. The van der Waals surface area contributed by atoms with E-state index in [2.05, 4.69) is 15.0 Å². The minimum absolute atomic E-state index is 0.510. The number of sulfonamides is 1. The minimum atomic E-state index is -3.34. The molecule has 0 unspecified atom stereocenters. The highest BCUT2D eigenvalue weighted by atomic mass is 32.2. The van der Waals surface area contributed by atoms with Crippen LogP contribution in [0.5, 0.6) is 0 Å². The summed E-state index contributed by atoms with van der Waals surface area (Å²) in [5.74, 6) is 0. The molecule has 0 aliphatic rings. The molecule has 1 aromatic carbocycles. The second kappa shape index (κ2) is 6.15. The summed E-state index contributed by atoms with van der Waals surface area (Å²) < 4.78 is 32.1. The molecule has 0 atom stereocenters. The highest BCUT2D eigenvalue weighted by Gasteiger charge is 2.27. The fraction of sp³-hybridized carbons (Fsp3) is 0.429. The zero-order chi connectivity index (χ0) is 16.4. The molecular formula is C14H20N4O3S. The summed E-state index contributed by atoms with van der Waals surface area (Å²) in [5.41, 5.74) is 1.56. The standard InChI is InChI=1S/C14H20N4O3S/c1-14(2,16-22(4,19)20)13-9-18(17-15-13)12-7-5-6-11(8-12)10-21-3/h5-9,16H,10H2,1-4H3. The van der Waals surface area contributed by atoms with Gasteiger partial charge in [0.05, 0.1) is 30.3 Å². The number of aromatic nitrogens is 3. The van der Waals surface area contributed by atoms with Crippen molar-refractivity contribution in [3.05, 3.63) is 41.7 Å². The lowest BCUT2D eigenvalue weighted by Crippen LogP contribution is -2.40. The molecule has 120 valence electrons. The van der Waals surface area contributed by atoms with Crippen LogP contribution in [0.15, 0.2) is 30.5 Å². The molecule has 0 aliphatic heterocycles. The summed E-state index contributed by atoms with van der Waals surface area (Å²) in [6, 6.07) is 7.71. The maximum absolute atomic E-state index is 11.4. The molecule has 1 aromatic heterocycles. The molecule has 8 heteroatoms. The Bertz CT molecular complexity index is 753. The SMILES string of the molecule is COCc1cccc(-n2cc(C(C)(C)NS(C)(=O)=O)nn2)c1. The van der Waals surface area contributed by atoms with Gasteiger partial charge in [-0.25, -0.2) is 17.8 Å². The summed E-state index contributed by atoms with van der Waals surface area (Å²) in [4.78, 5) is 0.